The number of nitrogens with zero attached hydrogens (tertiary/aromatic N) is 2. The number of amides is 1. The third-order valence-corrected chi connectivity index (χ3v) is 7.98. The van der Waals surface area contributed by atoms with Crippen LogP contribution in [0, 0.1) is 0 Å². The van der Waals surface area contributed by atoms with Crippen molar-refractivity contribution in [2.24, 2.45) is 0 Å². The molecule has 0 saturated carbocycles. The molecular weight excluding hydrogens is 506 g/mol. The number of methoxy groups -OCH3 is 1. The van der Waals surface area contributed by atoms with Crippen LogP contribution in [0.25, 0.3) is 20.3 Å². The zero-order chi connectivity index (χ0) is 25.8. The number of hydrogen-bond donors (Lipinski definition) is 1. The first-order valence-corrected chi connectivity index (χ1v) is 13.4. The fourth-order valence-electron chi connectivity index (χ4n) is 4.04. The number of aromatic nitrogens is 2. The van der Waals surface area contributed by atoms with Crippen molar-refractivity contribution in [2.45, 2.75) is 18.1 Å². The highest BCUT2D eigenvalue weighted by Gasteiger charge is 2.18. The van der Waals surface area contributed by atoms with Crippen LogP contribution in [-0.2, 0) is 22.5 Å². The molecule has 5 aromatic rings. The second-order valence-electron chi connectivity index (χ2n) is 8.24. The molecule has 1 N–H and O–H groups in total. The molecule has 2 aromatic heterocycles. The molecule has 0 atom stereocenters. The number of carbonyl (C=O) groups excluding carboxylic acids is 2. The molecule has 0 fully saturated rings. The first kappa shape index (κ1) is 24.7. The molecule has 0 bridgehead atoms. The molecule has 2 heterocycles. The van der Waals surface area contributed by atoms with Crippen molar-refractivity contribution < 1.29 is 14.3 Å². The van der Waals surface area contributed by atoms with Crippen LogP contribution in [-0.4, -0.2) is 34.3 Å². The number of aryl methyl sites for hydroxylation is 1. The minimum Gasteiger partial charge on any atom is -0.465 e. The molecule has 0 aliphatic heterocycles. The summed E-state index contributed by atoms with van der Waals surface area (Å²) < 4.78 is 8.07. The Labute approximate surface area is 221 Å². The van der Waals surface area contributed by atoms with Crippen LogP contribution in [0.1, 0.15) is 15.9 Å². The van der Waals surface area contributed by atoms with Crippen molar-refractivity contribution in [1.29, 1.82) is 0 Å². The number of thioether (sulfide) groups is 1. The number of thiophene rings is 1. The van der Waals surface area contributed by atoms with Gasteiger partial charge >= 0.3 is 5.97 Å². The topological polar surface area (TPSA) is 90.3 Å². The number of carbonyl (C=O) groups is 2. The van der Waals surface area contributed by atoms with E-state index in [-0.39, 0.29) is 22.8 Å². The van der Waals surface area contributed by atoms with Gasteiger partial charge in [-0.25, -0.2) is 9.78 Å². The summed E-state index contributed by atoms with van der Waals surface area (Å²) in [4.78, 5) is 43.4. The third kappa shape index (κ3) is 5.28. The molecule has 0 aliphatic carbocycles. The Kier molecular flexibility index (Phi) is 7.34. The lowest BCUT2D eigenvalue weighted by molar-refractivity contribution is -0.113. The summed E-state index contributed by atoms with van der Waals surface area (Å²) in [5.74, 6) is -0.837. The predicted molar refractivity (Wildman–Crippen MR) is 149 cm³/mol. The van der Waals surface area contributed by atoms with Gasteiger partial charge in [0.15, 0.2) is 5.16 Å². The van der Waals surface area contributed by atoms with Crippen molar-refractivity contribution in [3.63, 3.8) is 0 Å². The summed E-state index contributed by atoms with van der Waals surface area (Å²) in [7, 11) is 1.29. The maximum Gasteiger partial charge on any atom is 0.339 e. The molecular formula is C28H23N3O4S2. The van der Waals surface area contributed by atoms with Gasteiger partial charge in [-0.1, -0.05) is 72.4 Å². The smallest absolute Gasteiger partial charge is 0.339 e. The first-order valence-electron chi connectivity index (χ1n) is 11.6. The van der Waals surface area contributed by atoms with Gasteiger partial charge in [0.1, 0.15) is 4.70 Å². The highest BCUT2D eigenvalue weighted by atomic mass is 32.2. The van der Waals surface area contributed by atoms with Crippen LogP contribution in [0.4, 0.5) is 5.69 Å². The maximum absolute atomic E-state index is 13.6. The third-order valence-electron chi connectivity index (χ3n) is 5.85. The molecule has 1 amide bonds. The maximum atomic E-state index is 13.6. The highest BCUT2D eigenvalue weighted by molar-refractivity contribution is 7.99. The van der Waals surface area contributed by atoms with E-state index in [0.717, 1.165) is 15.6 Å². The highest BCUT2D eigenvalue weighted by Crippen LogP contribution is 2.32. The van der Waals surface area contributed by atoms with Gasteiger partial charge in [0, 0.05) is 16.6 Å². The van der Waals surface area contributed by atoms with E-state index in [1.807, 2.05) is 54.6 Å². The van der Waals surface area contributed by atoms with Gasteiger partial charge in [-0.15, -0.1) is 11.3 Å². The summed E-state index contributed by atoms with van der Waals surface area (Å²) in [5.41, 5.74) is 2.29. The Morgan fingerprint density at radius 2 is 1.73 bits per heavy atom. The zero-order valence-corrected chi connectivity index (χ0v) is 21.6. The van der Waals surface area contributed by atoms with Crippen molar-refractivity contribution >= 4 is 61.0 Å². The molecule has 0 radical (unpaired) electrons. The van der Waals surface area contributed by atoms with Crippen molar-refractivity contribution in [2.75, 3.05) is 18.2 Å². The van der Waals surface area contributed by atoms with Crippen molar-refractivity contribution in [3.8, 4) is 0 Å². The molecule has 0 spiro atoms. The van der Waals surface area contributed by atoms with Gasteiger partial charge in [0.25, 0.3) is 5.56 Å². The van der Waals surface area contributed by atoms with Crippen LogP contribution in [0.5, 0.6) is 0 Å². The average Bonchev–Trinajstić information content (AvgIpc) is 3.31. The van der Waals surface area contributed by atoms with Crippen molar-refractivity contribution in [1.82, 2.24) is 9.55 Å². The summed E-state index contributed by atoms with van der Waals surface area (Å²) in [6.07, 6.45) is 0.658. The molecule has 0 unspecified atom stereocenters. The van der Waals surface area contributed by atoms with Crippen LogP contribution in [0.3, 0.4) is 0 Å². The van der Waals surface area contributed by atoms with Gasteiger partial charge in [0.2, 0.25) is 5.91 Å². The van der Waals surface area contributed by atoms with E-state index >= 15 is 0 Å². The second-order valence-corrected chi connectivity index (χ2v) is 10.2. The lowest BCUT2D eigenvalue weighted by atomic mass is 10.1. The van der Waals surface area contributed by atoms with E-state index in [2.05, 4.69) is 5.32 Å². The van der Waals surface area contributed by atoms with Crippen LogP contribution in [0.2, 0.25) is 0 Å². The Morgan fingerprint density at radius 1 is 1.00 bits per heavy atom. The Bertz CT molecular complexity index is 1660. The van der Waals surface area contributed by atoms with E-state index in [1.54, 1.807) is 28.8 Å². The number of esters is 1. The van der Waals surface area contributed by atoms with E-state index in [0.29, 0.717) is 34.0 Å². The standard InChI is InChI=1S/C28H23N3O4S2/c1-35-27(34)19-11-5-7-13-21(19)29-23(32)17-36-28-30-24-20-12-6-8-14-22(20)37-25(24)26(33)31(28)16-15-18-9-3-2-4-10-18/h2-14H,15-17H2,1H3,(H,29,32). The summed E-state index contributed by atoms with van der Waals surface area (Å²) >= 11 is 2.64. The first-order chi connectivity index (χ1) is 18.0. The predicted octanol–water partition coefficient (Wildman–Crippen LogP) is 5.37. The average molecular weight is 530 g/mol. The monoisotopic (exact) mass is 529 g/mol. The Morgan fingerprint density at radius 3 is 2.54 bits per heavy atom. The van der Waals surface area contributed by atoms with Gasteiger partial charge in [-0.2, -0.15) is 0 Å². The number of hydrogen-bond acceptors (Lipinski definition) is 7. The normalized spacial score (nSPS) is 11.1. The molecule has 0 aliphatic rings. The number of anilines is 1. The fraction of sp³-hybridized carbons (Fsp3) is 0.143. The van der Waals surface area contributed by atoms with Crippen LogP contribution < -0.4 is 10.9 Å². The summed E-state index contributed by atoms with van der Waals surface area (Å²) in [5, 5.41) is 4.18. The van der Waals surface area contributed by atoms with Crippen LogP contribution >= 0.6 is 23.1 Å². The number of fused-ring (bicyclic) bond motifs is 3. The number of ether oxygens (including phenoxy) is 1. The quantitative estimate of drug-likeness (QED) is 0.165. The minimum absolute atomic E-state index is 0.0147. The molecule has 3 aromatic carbocycles. The molecule has 5 rings (SSSR count). The molecule has 186 valence electrons. The lowest BCUT2D eigenvalue weighted by Crippen LogP contribution is -2.24. The van der Waals surface area contributed by atoms with Gasteiger partial charge in [-0.05, 0) is 30.2 Å². The van der Waals surface area contributed by atoms with E-state index in [9.17, 15) is 14.4 Å². The Balaban J connectivity index is 1.45. The molecule has 37 heavy (non-hydrogen) atoms. The summed E-state index contributed by atoms with van der Waals surface area (Å²) in [6, 6.07) is 24.4. The minimum atomic E-state index is -0.533. The second kappa shape index (κ2) is 11.0. The number of nitrogens with one attached hydrogen (secondary N) is 1. The van der Waals surface area contributed by atoms with Gasteiger partial charge in [-0.3, -0.25) is 14.2 Å². The number of rotatable bonds is 8. The van der Waals surface area contributed by atoms with E-state index < -0.39 is 5.97 Å². The Hall–Kier alpha value is -3.95. The zero-order valence-electron chi connectivity index (χ0n) is 20.0. The lowest BCUT2D eigenvalue weighted by Gasteiger charge is -2.13. The fourth-order valence-corrected chi connectivity index (χ4v) is 5.95. The largest absolute Gasteiger partial charge is 0.465 e. The van der Waals surface area contributed by atoms with Gasteiger partial charge in [0.05, 0.1) is 29.6 Å². The van der Waals surface area contributed by atoms with Crippen molar-refractivity contribution in [3.05, 3.63) is 100 Å². The van der Waals surface area contributed by atoms with Crippen LogP contribution in [0.15, 0.2) is 88.8 Å². The molecule has 9 heteroatoms. The van der Waals surface area contributed by atoms with E-state index in [4.69, 9.17) is 9.72 Å². The number of para-hydroxylation sites is 1. The number of benzene rings is 3. The van der Waals surface area contributed by atoms with E-state index in [1.165, 1.54) is 30.2 Å². The molecule has 7 nitrogen and oxygen atoms in total. The SMILES string of the molecule is COC(=O)c1ccccc1NC(=O)CSc1nc2c(sc3ccccc32)c(=O)n1CCc1ccccc1. The summed E-state index contributed by atoms with van der Waals surface area (Å²) in [6.45, 7) is 0.440. The van der Waals surface area contributed by atoms with Gasteiger partial charge < -0.3 is 10.1 Å². The molecule has 0 saturated heterocycles.